The molecule has 3 nitrogen and oxygen atoms in total. The number of rotatable bonds is 4. The number of nitrogens with zero attached hydrogens (tertiary/aromatic N) is 2. The molecule has 1 heterocycles. The maximum absolute atomic E-state index is 4.01. The summed E-state index contributed by atoms with van der Waals surface area (Å²) in [6, 6.07) is 0.537. The van der Waals surface area contributed by atoms with Crippen LogP contribution in [0.15, 0.2) is 18.7 Å². The van der Waals surface area contributed by atoms with Gasteiger partial charge >= 0.3 is 0 Å². The van der Waals surface area contributed by atoms with Crippen LogP contribution >= 0.6 is 0 Å². The van der Waals surface area contributed by atoms with Gasteiger partial charge < -0.3 is 5.32 Å². The summed E-state index contributed by atoms with van der Waals surface area (Å²) in [5.74, 6) is 0.517. The molecule has 2 atom stereocenters. The molecule has 0 spiro atoms. The zero-order valence-corrected chi connectivity index (χ0v) is 8.49. The molecule has 1 rings (SSSR count). The van der Waals surface area contributed by atoms with Crippen LogP contribution in [0, 0.1) is 0 Å². The third-order valence-electron chi connectivity index (χ3n) is 2.35. The van der Waals surface area contributed by atoms with Crippen LogP contribution in [0.25, 0.3) is 0 Å². The van der Waals surface area contributed by atoms with Gasteiger partial charge in [0.15, 0.2) is 0 Å². The average molecular weight is 179 g/mol. The Balaban J connectivity index is 2.53. The molecule has 72 valence electrons. The fourth-order valence-corrected chi connectivity index (χ4v) is 1.35. The summed E-state index contributed by atoms with van der Waals surface area (Å²) >= 11 is 0. The van der Waals surface area contributed by atoms with Crippen molar-refractivity contribution < 1.29 is 0 Å². The molecule has 0 aromatic carbocycles. The topological polar surface area (TPSA) is 37.8 Å². The fraction of sp³-hybridized carbons (Fsp3) is 0.600. The lowest BCUT2D eigenvalue weighted by atomic mass is 9.97. The molecular formula is C10H17N3. The predicted molar refractivity (Wildman–Crippen MR) is 53.6 cm³/mol. The lowest BCUT2D eigenvalue weighted by Gasteiger charge is -2.15. The largest absolute Gasteiger partial charge is 0.317 e. The molecule has 0 saturated carbocycles. The number of aromatic nitrogens is 2. The van der Waals surface area contributed by atoms with Gasteiger partial charge in [0.25, 0.3) is 0 Å². The summed E-state index contributed by atoms with van der Waals surface area (Å²) < 4.78 is 0. The van der Waals surface area contributed by atoms with Gasteiger partial charge in [-0.25, -0.2) is 9.97 Å². The van der Waals surface area contributed by atoms with Crippen LogP contribution in [0.5, 0.6) is 0 Å². The summed E-state index contributed by atoms with van der Waals surface area (Å²) in [5, 5.41) is 3.22. The minimum atomic E-state index is 0.517. The Morgan fingerprint density at radius 2 is 1.92 bits per heavy atom. The van der Waals surface area contributed by atoms with Crippen LogP contribution in [0.3, 0.4) is 0 Å². The molecule has 0 fully saturated rings. The van der Waals surface area contributed by atoms with Gasteiger partial charge in [-0.3, -0.25) is 0 Å². The first-order valence-corrected chi connectivity index (χ1v) is 4.66. The average Bonchev–Trinajstić information content (AvgIpc) is 2.19. The van der Waals surface area contributed by atoms with E-state index in [0.29, 0.717) is 12.0 Å². The van der Waals surface area contributed by atoms with Crippen molar-refractivity contribution in [2.75, 3.05) is 7.05 Å². The molecule has 0 radical (unpaired) electrons. The minimum absolute atomic E-state index is 0.517. The van der Waals surface area contributed by atoms with Gasteiger partial charge in [-0.2, -0.15) is 0 Å². The van der Waals surface area contributed by atoms with E-state index in [-0.39, 0.29) is 0 Å². The molecule has 0 aliphatic heterocycles. The summed E-state index contributed by atoms with van der Waals surface area (Å²) in [7, 11) is 1.98. The van der Waals surface area contributed by atoms with E-state index in [4.69, 9.17) is 0 Å². The molecule has 3 heteroatoms. The van der Waals surface area contributed by atoms with E-state index in [1.165, 1.54) is 5.56 Å². The second-order valence-corrected chi connectivity index (χ2v) is 3.50. The van der Waals surface area contributed by atoms with Gasteiger partial charge in [-0.05, 0) is 31.9 Å². The van der Waals surface area contributed by atoms with Gasteiger partial charge in [0.05, 0.1) is 0 Å². The zero-order valence-electron chi connectivity index (χ0n) is 8.49. The van der Waals surface area contributed by atoms with Crippen molar-refractivity contribution in [1.82, 2.24) is 15.3 Å². The second kappa shape index (κ2) is 4.92. The smallest absolute Gasteiger partial charge is 0.115 e. The Hall–Kier alpha value is -0.960. The summed E-state index contributed by atoms with van der Waals surface area (Å²) in [4.78, 5) is 8.01. The van der Waals surface area contributed by atoms with Gasteiger partial charge in [-0.1, -0.05) is 6.92 Å². The number of hydrogen-bond donors (Lipinski definition) is 1. The molecule has 1 N–H and O–H groups in total. The molecule has 0 aliphatic rings. The van der Waals surface area contributed by atoms with Crippen LogP contribution in [-0.4, -0.2) is 23.1 Å². The standard InChI is InChI=1S/C10H17N3/c1-8(4-9(2)11-3)10-5-12-7-13-6-10/h5-9,11H,4H2,1-3H3. The molecule has 0 aliphatic carbocycles. The Morgan fingerprint density at radius 3 is 2.46 bits per heavy atom. The van der Waals surface area contributed by atoms with Crippen molar-refractivity contribution >= 4 is 0 Å². The van der Waals surface area contributed by atoms with E-state index in [0.717, 1.165) is 6.42 Å². The Bertz CT molecular complexity index is 235. The van der Waals surface area contributed by atoms with Crippen molar-refractivity contribution in [3.63, 3.8) is 0 Å². The molecule has 0 saturated heterocycles. The highest BCUT2D eigenvalue weighted by atomic mass is 14.9. The van der Waals surface area contributed by atoms with E-state index in [9.17, 15) is 0 Å². The summed E-state index contributed by atoms with van der Waals surface area (Å²) in [6.45, 7) is 4.38. The van der Waals surface area contributed by atoms with Crippen molar-refractivity contribution in [2.24, 2.45) is 0 Å². The lowest BCUT2D eigenvalue weighted by Crippen LogP contribution is -2.22. The van der Waals surface area contributed by atoms with Gasteiger partial charge in [0.1, 0.15) is 6.33 Å². The molecule has 0 bridgehead atoms. The molecule has 2 unspecified atom stereocenters. The lowest BCUT2D eigenvalue weighted by molar-refractivity contribution is 0.514. The first-order chi connectivity index (χ1) is 6.24. The highest BCUT2D eigenvalue weighted by molar-refractivity contribution is 5.08. The molecule has 13 heavy (non-hydrogen) atoms. The summed E-state index contributed by atoms with van der Waals surface area (Å²) in [5.41, 5.74) is 1.21. The van der Waals surface area contributed by atoms with Crippen LogP contribution < -0.4 is 5.32 Å². The van der Waals surface area contributed by atoms with Crippen LogP contribution in [-0.2, 0) is 0 Å². The van der Waals surface area contributed by atoms with E-state index in [1.807, 2.05) is 19.4 Å². The Labute approximate surface area is 79.6 Å². The third-order valence-corrected chi connectivity index (χ3v) is 2.35. The first kappa shape index (κ1) is 10.1. The Morgan fingerprint density at radius 1 is 1.31 bits per heavy atom. The van der Waals surface area contributed by atoms with Crippen molar-refractivity contribution in [3.05, 3.63) is 24.3 Å². The SMILES string of the molecule is CNC(C)CC(C)c1cncnc1. The van der Waals surface area contributed by atoms with Crippen LogP contribution in [0.2, 0.25) is 0 Å². The molecular weight excluding hydrogens is 162 g/mol. The highest BCUT2D eigenvalue weighted by Gasteiger charge is 2.09. The predicted octanol–water partition coefficient (Wildman–Crippen LogP) is 1.58. The van der Waals surface area contributed by atoms with Gasteiger partial charge in [0.2, 0.25) is 0 Å². The van der Waals surface area contributed by atoms with Gasteiger partial charge in [-0.15, -0.1) is 0 Å². The zero-order chi connectivity index (χ0) is 9.68. The fourth-order valence-electron chi connectivity index (χ4n) is 1.35. The minimum Gasteiger partial charge on any atom is -0.317 e. The van der Waals surface area contributed by atoms with Crippen molar-refractivity contribution in [1.29, 1.82) is 0 Å². The van der Waals surface area contributed by atoms with E-state index < -0.39 is 0 Å². The molecule has 1 aromatic rings. The quantitative estimate of drug-likeness (QED) is 0.762. The maximum atomic E-state index is 4.01. The van der Waals surface area contributed by atoms with E-state index >= 15 is 0 Å². The maximum Gasteiger partial charge on any atom is 0.115 e. The van der Waals surface area contributed by atoms with Crippen molar-refractivity contribution in [3.8, 4) is 0 Å². The third kappa shape index (κ3) is 3.11. The highest BCUT2D eigenvalue weighted by Crippen LogP contribution is 2.18. The first-order valence-electron chi connectivity index (χ1n) is 4.66. The Kier molecular flexibility index (Phi) is 3.83. The van der Waals surface area contributed by atoms with Crippen molar-refractivity contribution in [2.45, 2.75) is 32.2 Å². The monoisotopic (exact) mass is 179 g/mol. The summed E-state index contributed by atoms with van der Waals surface area (Å²) in [6.07, 6.45) is 6.46. The molecule has 0 amide bonds. The normalized spacial score (nSPS) is 15.3. The molecule has 1 aromatic heterocycles. The second-order valence-electron chi connectivity index (χ2n) is 3.50. The van der Waals surface area contributed by atoms with Crippen LogP contribution in [0.4, 0.5) is 0 Å². The van der Waals surface area contributed by atoms with Gasteiger partial charge in [0, 0.05) is 18.4 Å². The number of nitrogens with one attached hydrogen (secondary N) is 1. The number of hydrogen-bond acceptors (Lipinski definition) is 3. The van der Waals surface area contributed by atoms with E-state index in [1.54, 1.807) is 6.33 Å². The van der Waals surface area contributed by atoms with E-state index in [2.05, 4.69) is 29.1 Å². The van der Waals surface area contributed by atoms with Crippen LogP contribution in [0.1, 0.15) is 31.7 Å².